The van der Waals surface area contributed by atoms with Crippen LogP contribution in [-0.4, -0.2) is 207 Å². The Morgan fingerprint density at radius 1 is 0.592 bits per heavy atom. The maximum atomic E-state index is 12.6. The van der Waals surface area contributed by atoms with E-state index in [1.54, 1.807) is 4.90 Å². The normalized spacial score (nSPS) is 11.7. The molecule has 17 nitrogen and oxygen atoms in total. The van der Waals surface area contributed by atoms with Crippen molar-refractivity contribution in [2.24, 2.45) is 11.5 Å². The molecule has 17 heteroatoms. The minimum Gasteiger partial charge on any atom is -0.480 e. The van der Waals surface area contributed by atoms with Gasteiger partial charge in [0.2, 0.25) is 5.91 Å². The van der Waals surface area contributed by atoms with Crippen molar-refractivity contribution in [1.29, 1.82) is 0 Å². The van der Waals surface area contributed by atoms with Crippen LogP contribution in [0.2, 0.25) is 0 Å². The number of carboxylic acid groups (broad SMARTS) is 1. The number of hydrogen-bond acceptors (Lipinski definition) is 15. The van der Waals surface area contributed by atoms with Crippen molar-refractivity contribution in [2.45, 2.75) is 26.2 Å². The summed E-state index contributed by atoms with van der Waals surface area (Å²) in [4.78, 5) is 42.0. The molecular weight excluding hydrogens is 644 g/mol. The van der Waals surface area contributed by atoms with Crippen molar-refractivity contribution < 1.29 is 53.0 Å². The van der Waals surface area contributed by atoms with E-state index in [1.165, 1.54) is 0 Å². The van der Waals surface area contributed by atoms with Crippen LogP contribution in [0.5, 0.6) is 0 Å². The Kier molecular flexibility index (Phi) is 34.6. The highest BCUT2D eigenvalue weighted by Gasteiger charge is 2.13. The quantitative estimate of drug-likeness (QED) is 0.0430. The van der Waals surface area contributed by atoms with Gasteiger partial charge in [-0.15, -0.1) is 0 Å². The summed E-state index contributed by atoms with van der Waals surface area (Å²) in [5, 5.41) is 21.0. The van der Waals surface area contributed by atoms with E-state index in [1.807, 2.05) is 9.80 Å². The number of rotatable bonds is 39. The summed E-state index contributed by atoms with van der Waals surface area (Å²) in [6.07, 6.45) is 1.91. The van der Waals surface area contributed by atoms with Gasteiger partial charge in [-0.2, -0.15) is 0 Å². The number of Topliss-reactive ketones (excluding diaryl/α,β-unsaturated/α-hetero) is 1. The standard InChI is InChI=1S/C32H66N6O11/c1-2-15-44-20-8-36(9-22-46-17-5-33)27-30(40)4-3-16-45-21-12-38(29-32(42)43)13-24-48-19-7-35-31(41)28-37(10-23-47-18-6-34)11-25-49-26-14-39/h39H,2-29,33-34H2,1H3,(H,35,41)(H,42,43). The maximum Gasteiger partial charge on any atom is 0.317 e. The highest BCUT2D eigenvalue weighted by Crippen LogP contribution is 1.99. The smallest absolute Gasteiger partial charge is 0.317 e. The van der Waals surface area contributed by atoms with Gasteiger partial charge in [-0.05, 0) is 12.8 Å². The molecule has 0 aromatic rings. The lowest BCUT2D eigenvalue weighted by molar-refractivity contribution is -0.138. The van der Waals surface area contributed by atoms with Gasteiger partial charge >= 0.3 is 5.97 Å². The van der Waals surface area contributed by atoms with Gasteiger partial charge in [0.1, 0.15) is 5.78 Å². The van der Waals surface area contributed by atoms with Crippen LogP contribution in [0.1, 0.15) is 26.2 Å². The molecule has 0 saturated carbocycles. The zero-order chi connectivity index (χ0) is 36.2. The van der Waals surface area contributed by atoms with E-state index >= 15 is 0 Å². The van der Waals surface area contributed by atoms with E-state index in [0.717, 1.165) is 6.42 Å². The number of ether oxygens (including phenoxy) is 6. The number of amides is 1. The fourth-order valence-corrected chi connectivity index (χ4v) is 4.37. The van der Waals surface area contributed by atoms with Gasteiger partial charge in [0.05, 0.1) is 92.3 Å². The van der Waals surface area contributed by atoms with E-state index in [4.69, 9.17) is 45.0 Å². The lowest BCUT2D eigenvalue weighted by atomic mass is 10.2. The summed E-state index contributed by atoms with van der Waals surface area (Å²) in [7, 11) is 0. The number of aliphatic hydroxyl groups is 1. The second-order valence-electron chi connectivity index (χ2n) is 11.2. The molecule has 0 heterocycles. The molecule has 0 radical (unpaired) electrons. The third kappa shape index (κ3) is 33.1. The number of nitrogens with one attached hydrogen (secondary N) is 1. The Balaban J connectivity index is 4.26. The number of carbonyl (C=O) groups is 3. The molecule has 0 atom stereocenters. The molecule has 7 N–H and O–H groups in total. The van der Waals surface area contributed by atoms with Crippen LogP contribution in [0.3, 0.4) is 0 Å². The second kappa shape index (κ2) is 35.9. The Morgan fingerprint density at radius 3 is 1.53 bits per heavy atom. The fraction of sp³-hybridized carbons (Fsp3) is 0.906. The van der Waals surface area contributed by atoms with E-state index in [2.05, 4.69) is 12.2 Å². The fourth-order valence-electron chi connectivity index (χ4n) is 4.37. The number of ketones is 1. The molecule has 290 valence electrons. The zero-order valence-electron chi connectivity index (χ0n) is 29.9. The third-order valence-corrected chi connectivity index (χ3v) is 6.86. The van der Waals surface area contributed by atoms with Crippen molar-refractivity contribution in [3.63, 3.8) is 0 Å². The van der Waals surface area contributed by atoms with Crippen molar-refractivity contribution in [2.75, 3.05) is 164 Å². The molecule has 1 amide bonds. The van der Waals surface area contributed by atoms with Crippen LogP contribution in [0, 0.1) is 0 Å². The average Bonchev–Trinajstić information content (AvgIpc) is 3.07. The Morgan fingerprint density at radius 2 is 1.04 bits per heavy atom. The summed E-state index contributed by atoms with van der Waals surface area (Å²) in [6, 6.07) is 0. The Bertz CT molecular complexity index is 710. The lowest BCUT2D eigenvalue weighted by Gasteiger charge is -2.22. The topological polar surface area (TPSA) is 221 Å². The van der Waals surface area contributed by atoms with Gasteiger partial charge < -0.3 is 55.4 Å². The predicted octanol–water partition coefficient (Wildman–Crippen LogP) is -2.14. The molecule has 0 aromatic heterocycles. The number of hydrogen-bond donors (Lipinski definition) is 5. The molecule has 0 rings (SSSR count). The van der Waals surface area contributed by atoms with Crippen LogP contribution < -0.4 is 16.8 Å². The number of nitrogens with two attached hydrogens (primary N) is 2. The third-order valence-electron chi connectivity index (χ3n) is 6.86. The van der Waals surface area contributed by atoms with Gasteiger partial charge in [-0.3, -0.25) is 29.1 Å². The summed E-state index contributed by atoms with van der Waals surface area (Å²) >= 11 is 0. The van der Waals surface area contributed by atoms with E-state index in [-0.39, 0.29) is 44.6 Å². The SMILES string of the molecule is CCCOCCN(CCOCCN)CC(=O)CCCOCCN(CCOCCNC(=O)CN(CCOCCN)CCOCCO)CC(=O)O. The van der Waals surface area contributed by atoms with E-state index in [0.29, 0.717) is 144 Å². The average molecular weight is 711 g/mol. The van der Waals surface area contributed by atoms with E-state index in [9.17, 15) is 19.5 Å². The Labute approximate surface area is 292 Å². The van der Waals surface area contributed by atoms with Gasteiger partial charge in [0.25, 0.3) is 0 Å². The highest BCUT2D eigenvalue weighted by atomic mass is 16.5. The van der Waals surface area contributed by atoms with Gasteiger partial charge in [0, 0.05) is 78.5 Å². The predicted molar refractivity (Wildman–Crippen MR) is 185 cm³/mol. The van der Waals surface area contributed by atoms with Gasteiger partial charge in [0.15, 0.2) is 0 Å². The van der Waals surface area contributed by atoms with Crippen molar-refractivity contribution >= 4 is 17.7 Å². The first-order valence-electron chi connectivity index (χ1n) is 17.5. The first-order chi connectivity index (χ1) is 23.9. The summed E-state index contributed by atoms with van der Waals surface area (Å²) in [6.45, 7) is 11.7. The van der Waals surface area contributed by atoms with Crippen molar-refractivity contribution in [3.05, 3.63) is 0 Å². The van der Waals surface area contributed by atoms with Gasteiger partial charge in [-0.25, -0.2) is 0 Å². The first kappa shape index (κ1) is 47.1. The molecule has 0 aromatic carbocycles. The molecule has 0 aliphatic carbocycles. The molecule has 0 bridgehead atoms. The van der Waals surface area contributed by atoms with E-state index < -0.39 is 5.97 Å². The van der Waals surface area contributed by atoms with Crippen molar-refractivity contribution in [3.8, 4) is 0 Å². The summed E-state index contributed by atoms with van der Waals surface area (Å²) < 4.78 is 33.1. The molecule has 0 saturated heterocycles. The summed E-state index contributed by atoms with van der Waals surface area (Å²) in [5.74, 6) is -0.998. The number of aliphatic hydroxyl groups excluding tert-OH is 1. The van der Waals surface area contributed by atoms with Crippen LogP contribution >= 0.6 is 0 Å². The molecule has 49 heavy (non-hydrogen) atoms. The van der Waals surface area contributed by atoms with Crippen LogP contribution in [0.4, 0.5) is 0 Å². The number of nitrogens with zero attached hydrogens (tertiary/aromatic N) is 3. The minimum atomic E-state index is -0.948. The largest absolute Gasteiger partial charge is 0.480 e. The van der Waals surface area contributed by atoms with Crippen LogP contribution in [0.25, 0.3) is 0 Å². The molecule has 0 aliphatic rings. The van der Waals surface area contributed by atoms with Crippen LogP contribution in [-0.2, 0) is 42.8 Å². The lowest BCUT2D eigenvalue weighted by Crippen LogP contribution is -2.41. The van der Waals surface area contributed by atoms with Crippen LogP contribution in [0.15, 0.2) is 0 Å². The molecule has 0 fully saturated rings. The monoisotopic (exact) mass is 710 g/mol. The highest BCUT2D eigenvalue weighted by molar-refractivity contribution is 5.80. The van der Waals surface area contributed by atoms with Crippen molar-refractivity contribution in [1.82, 2.24) is 20.0 Å². The molecular formula is C32H66N6O11. The minimum absolute atomic E-state index is 0.0602. The summed E-state index contributed by atoms with van der Waals surface area (Å²) in [5.41, 5.74) is 10.9. The van der Waals surface area contributed by atoms with Gasteiger partial charge in [-0.1, -0.05) is 6.92 Å². The number of aliphatic carboxylic acids is 1. The number of carbonyl (C=O) groups excluding carboxylic acids is 2. The second-order valence-corrected chi connectivity index (χ2v) is 11.2. The zero-order valence-corrected chi connectivity index (χ0v) is 29.9. The molecule has 0 aliphatic heterocycles. The molecule has 0 unspecified atom stereocenters. The number of carboxylic acids is 1. The maximum absolute atomic E-state index is 12.6. The first-order valence-corrected chi connectivity index (χ1v) is 17.5. The molecule has 0 spiro atoms. The Hall–Kier alpha value is -1.87.